The van der Waals surface area contributed by atoms with E-state index in [1.807, 2.05) is 27.7 Å². The highest BCUT2D eigenvalue weighted by Crippen LogP contribution is 2.26. The molecule has 0 unspecified atom stereocenters. The highest BCUT2D eigenvalue weighted by molar-refractivity contribution is 7.59. The van der Waals surface area contributed by atoms with Gasteiger partial charge in [-0.3, -0.25) is 0 Å². The molecular weight excluding hydrogens is 280 g/mol. The van der Waals surface area contributed by atoms with Crippen LogP contribution in [0.25, 0.3) is 0 Å². The summed E-state index contributed by atoms with van der Waals surface area (Å²) >= 11 is 0. The lowest BCUT2D eigenvalue weighted by Crippen LogP contribution is -2.32. The molecule has 0 radical (unpaired) electrons. The van der Waals surface area contributed by atoms with Crippen molar-refractivity contribution < 1.29 is 17.6 Å². The summed E-state index contributed by atoms with van der Waals surface area (Å²) in [7, 11) is 0. The molecule has 0 aliphatic heterocycles. The Morgan fingerprint density at radius 3 is 1.53 bits per heavy atom. The number of pyridine rings is 1. The van der Waals surface area contributed by atoms with E-state index in [0.717, 1.165) is 0 Å². The smallest absolute Gasteiger partial charge is 0.253 e. The number of aromatic nitrogens is 1. The molecule has 19 heavy (non-hydrogen) atoms. The maximum Gasteiger partial charge on any atom is 0.253 e. The Hall–Kier alpha value is -0.980. The molecule has 1 N–H and O–H groups in total. The Morgan fingerprint density at radius 2 is 1.21 bits per heavy atom. The minimum Gasteiger partial charge on any atom is -0.377 e. The number of hydrogen-bond acceptors (Lipinski definition) is 2. The van der Waals surface area contributed by atoms with Crippen molar-refractivity contribution in [3.05, 3.63) is 23.5 Å². The average Bonchev–Trinajstić information content (AvgIpc) is 2.25. The van der Waals surface area contributed by atoms with Gasteiger partial charge >= 0.3 is 0 Å². The van der Waals surface area contributed by atoms with Crippen LogP contribution in [0.1, 0.15) is 27.7 Å². The summed E-state index contributed by atoms with van der Waals surface area (Å²) in [5.74, 6) is -6.21. The van der Waals surface area contributed by atoms with E-state index < -0.39 is 29.2 Å². The first-order chi connectivity index (χ1) is 8.25. The van der Waals surface area contributed by atoms with Gasteiger partial charge in [0.25, 0.3) is 11.9 Å². The third-order valence-corrected chi connectivity index (χ3v) is 2.75. The highest BCUT2D eigenvalue weighted by atomic mass is 32.1. The summed E-state index contributed by atoms with van der Waals surface area (Å²) < 4.78 is 52.7. The largest absolute Gasteiger partial charge is 0.377 e. The first-order valence-corrected chi connectivity index (χ1v) is 5.72. The third-order valence-electron chi connectivity index (χ3n) is 2.75. The monoisotopic (exact) mass is 298 g/mol. The number of anilines is 1. The van der Waals surface area contributed by atoms with Crippen LogP contribution < -0.4 is 5.32 Å². The van der Waals surface area contributed by atoms with Crippen LogP contribution >= 0.6 is 13.5 Å². The van der Waals surface area contributed by atoms with Crippen molar-refractivity contribution in [3.63, 3.8) is 0 Å². The predicted molar refractivity (Wildman–Crippen MR) is 71.5 cm³/mol. The van der Waals surface area contributed by atoms with Gasteiger partial charge in [0, 0.05) is 6.04 Å². The molecule has 0 spiro atoms. The minimum atomic E-state index is -1.65. The molecule has 110 valence electrons. The summed E-state index contributed by atoms with van der Waals surface area (Å²) in [6, 6.07) is -0.310. The van der Waals surface area contributed by atoms with E-state index in [9.17, 15) is 17.6 Å². The zero-order chi connectivity index (χ0) is 14.0. The van der Waals surface area contributed by atoms with Crippen molar-refractivity contribution in [2.24, 2.45) is 11.8 Å². The molecule has 0 saturated carbocycles. The summed E-state index contributed by atoms with van der Waals surface area (Å²) in [5, 5.41) is 2.53. The number of hydrogen-bond donors (Lipinski definition) is 1. The van der Waals surface area contributed by atoms with E-state index in [1.54, 1.807) is 0 Å². The van der Waals surface area contributed by atoms with Gasteiger partial charge in [-0.1, -0.05) is 27.7 Å². The van der Waals surface area contributed by atoms with Gasteiger partial charge in [-0.15, -0.1) is 0 Å². The fourth-order valence-electron chi connectivity index (χ4n) is 1.88. The predicted octanol–water partition coefficient (Wildman–Crippen LogP) is 3.84. The quantitative estimate of drug-likeness (QED) is 0.675. The molecule has 0 aliphatic carbocycles. The Balaban J connectivity index is 0.00000324. The Morgan fingerprint density at radius 1 is 0.842 bits per heavy atom. The summed E-state index contributed by atoms with van der Waals surface area (Å²) in [5.41, 5.74) is -0.799. The lowest BCUT2D eigenvalue weighted by molar-refractivity contribution is 0.389. The van der Waals surface area contributed by atoms with Crippen molar-refractivity contribution in [2.75, 3.05) is 5.32 Å². The Labute approximate surface area is 117 Å². The van der Waals surface area contributed by atoms with Crippen LogP contribution in [0.5, 0.6) is 0 Å². The second-order valence-electron chi connectivity index (χ2n) is 4.85. The van der Waals surface area contributed by atoms with Crippen molar-refractivity contribution >= 4 is 19.2 Å². The number of nitrogens with zero attached hydrogens (tertiary/aromatic N) is 1. The van der Waals surface area contributed by atoms with Gasteiger partial charge in [-0.2, -0.15) is 36.0 Å². The van der Waals surface area contributed by atoms with E-state index in [4.69, 9.17) is 0 Å². The lowest BCUT2D eigenvalue weighted by atomic mass is 9.93. The molecule has 7 heteroatoms. The van der Waals surface area contributed by atoms with Gasteiger partial charge in [0.05, 0.1) is 0 Å². The molecule has 0 atom stereocenters. The van der Waals surface area contributed by atoms with Gasteiger partial charge in [0.1, 0.15) is 5.69 Å². The molecule has 1 aromatic heterocycles. The second-order valence-corrected chi connectivity index (χ2v) is 4.85. The molecule has 0 bridgehead atoms. The van der Waals surface area contributed by atoms with Gasteiger partial charge in [-0.05, 0) is 11.8 Å². The van der Waals surface area contributed by atoms with E-state index in [0.29, 0.717) is 0 Å². The molecule has 0 aliphatic rings. The topological polar surface area (TPSA) is 24.9 Å². The van der Waals surface area contributed by atoms with Gasteiger partial charge in [0.2, 0.25) is 11.6 Å². The normalized spacial score (nSPS) is 11.1. The molecule has 1 rings (SSSR count). The second kappa shape index (κ2) is 6.98. The molecular formula is C12H18F4N2S. The van der Waals surface area contributed by atoms with Crippen molar-refractivity contribution in [3.8, 4) is 0 Å². The molecule has 1 heterocycles. The molecule has 1 aromatic rings. The number of rotatable bonds is 4. The maximum absolute atomic E-state index is 13.4. The first kappa shape index (κ1) is 18.0. The standard InChI is InChI=1S/C12H16F4N2.H2S/c1-5(2)9(6(3)4)17-10-7(13)11(15)18-12(16)8(10)14;/h5-6,9H,1-4H3,(H,17,18);1H2. The van der Waals surface area contributed by atoms with Crippen LogP contribution in [0, 0.1) is 35.4 Å². The lowest BCUT2D eigenvalue weighted by Gasteiger charge is -2.27. The van der Waals surface area contributed by atoms with Crippen molar-refractivity contribution in [1.29, 1.82) is 0 Å². The molecule has 0 saturated heterocycles. The van der Waals surface area contributed by atoms with Crippen molar-refractivity contribution in [2.45, 2.75) is 33.7 Å². The van der Waals surface area contributed by atoms with Crippen LogP contribution in [-0.2, 0) is 0 Å². The molecule has 0 fully saturated rings. The van der Waals surface area contributed by atoms with E-state index in [-0.39, 0.29) is 31.4 Å². The summed E-state index contributed by atoms with van der Waals surface area (Å²) in [6.07, 6.45) is 0. The first-order valence-electron chi connectivity index (χ1n) is 5.72. The average molecular weight is 298 g/mol. The van der Waals surface area contributed by atoms with Gasteiger partial charge in [0.15, 0.2) is 0 Å². The Bertz CT molecular complexity index is 404. The van der Waals surface area contributed by atoms with Gasteiger partial charge < -0.3 is 5.32 Å². The Kier molecular flexibility index (Phi) is 6.62. The van der Waals surface area contributed by atoms with Crippen LogP contribution in [0.15, 0.2) is 0 Å². The van der Waals surface area contributed by atoms with Crippen LogP contribution in [-0.4, -0.2) is 11.0 Å². The fourth-order valence-corrected chi connectivity index (χ4v) is 1.88. The maximum atomic E-state index is 13.4. The molecule has 0 aromatic carbocycles. The zero-order valence-electron chi connectivity index (χ0n) is 11.2. The summed E-state index contributed by atoms with van der Waals surface area (Å²) in [4.78, 5) is 2.51. The zero-order valence-corrected chi connectivity index (χ0v) is 12.2. The molecule has 0 amide bonds. The number of halogens is 4. The third kappa shape index (κ3) is 3.99. The van der Waals surface area contributed by atoms with Crippen LogP contribution in [0.4, 0.5) is 23.2 Å². The van der Waals surface area contributed by atoms with E-state index >= 15 is 0 Å². The number of nitrogens with one attached hydrogen (secondary N) is 1. The van der Waals surface area contributed by atoms with Gasteiger partial charge in [-0.25, -0.2) is 0 Å². The molecule has 2 nitrogen and oxygen atoms in total. The van der Waals surface area contributed by atoms with E-state index in [2.05, 4.69) is 10.3 Å². The SMILES string of the molecule is CC(C)C(Nc1c(F)c(F)nc(F)c1F)C(C)C.S. The fraction of sp³-hybridized carbons (Fsp3) is 0.583. The van der Waals surface area contributed by atoms with Crippen LogP contribution in [0.3, 0.4) is 0 Å². The summed E-state index contributed by atoms with van der Waals surface area (Å²) in [6.45, 7) is 7.39. The minimum absolute atomic E-state index is 0. The van der Waals surface area contributed by atoms with Crippen molar-refractivity contribution in [1.82, 2.24) is 4.98 Å². The van der Waals surface area contributed by atoms with Crippen LogP contribution in [0.2, 0.25) is 0 Å². The van der Waals surface area contributed by atoms with E-state index in [1.165, 1.54) is 0 Å². The highest BCUT2D eigenvalue weighted by Gasteiger charge is 2.25.